The second-order valence-electron chi connectivity index (χ2n) is 4.09. The first kappa shape index (κ1) is 13.4. The Balaban J connectivity index is 2.35. The van der Waals surface area contributed by atoms with Crippen LogP contribution in [0.3, 0.4) is 0 Å². The third-order valence-electron chi connectivity index (χ3n) is 3.02. The summed E-state index contributed by atoms with van der Waals surface area (Å²) >= 11 is 0. The molecule has 94 valence electrons. The maximum Gasteiger partial charge on any atom is 0.222 e. The molecule has 0 aromatic heterocycles. The van der Waals surface area contributed by atoms with Gasteiger partial charge in [-0.1, -0.05) is 0 Å². The summed E-state index contributed by atoms with van der Waals surface area (Å²) in [5, 5.41) is 0. The Morgan fingerprint density at radius 3 is 2.25 bits per heavy atom. The highest BCUT2D eigenvalue weighted by Crippen LogP contribution is 2.17. The fraction of sp³-hybridized carbons (Fsp3) is 0.909. The normalized spacial score (nSPS) is 25.1. The third-order valence-corrected chi connectivity index (χ3v) is 3.02. The molecule has 1 aliphatic rings. The molecule has 0 saturated carbocycles. The fourth-order valence-corrected chi connectivity index (χ4v) is 1.98. The number of ether oxygens (including phenoxy) is 2. The van der Waals surface area contributed by atoms with Crippen LogP contribution in [-0.2, 0) is 14.3 Å². The lowest BCUT2D eigenvalue weighted by atomic mass is 10.2. The molecule has 5 heteroatoms. The van der Waals surface area contributed by atoms with Crippen molar-refractivity contribution in [2.75, 3.05) is 33.9 Å². The molecule has 2 unspecified atom stereocenters. The minimum atomic E-state index is 0.00320. The fourth-order valence-electron chi connectivity index (χ4n) is 1.98. The highest BCUT2D eigenvalue weighted by Gasteiger charge is 2.34. The van der Waals surface area contributed by atoms with Crippen LogP contribution in [-0.4, -0.2) is 56.9 Å². The van der Waals surface area contributed by atoms with Crippen LogP contribution in [0.5, 0.6) is 0 Å². The average molecular weight is 230 g/mol. The molecule has 0 aromatic carbocycles. The van der Waals surface area contributed by atoms with Crippen molar-refractivity contribution in [3.8, 4) is 0 Å². The van der Waals surface area contributed by atoms with Crippen molar-refractivity contribution in [3.05, 3.63) is 0 Å². The number of amides is 1. The molecule has 0 aromatic rings. The number of nitrogens with zero attached hydrogens (tertiary/aromatic N) is 1. The van der Waals surface area contributed by atoms with Crippen LogP contribution >= 0.6 is 0 Å². The zero-order valence-corrected chi connectivity index (χ0v) is 10.1. The third kappa shape index (κ3) is 3.43. The Labute approximate surface area is 96.9 Å². The van der Waals surface area contributed by atoms with E-state index in [2.05, 4.69) is 0 Å². The van der Waals surface area contributed by atoms with E-state index >= 15 is 0 Å². The van der Waals surface area contributed by atoms with Gasteiger partial charge in [-0.3, -0.25) is 4.79 Å². The molecule has 1 amide bonds. The number of nitrogens with two attached hydrogens (primary N) is 1. The van der Waals surface area contributed by atoms with Crippen LogP contribution in [0, 0.1) is 0 Å². The smallest absolute Gasteiger partial charge is 0.222 e. The van der Waals surface area contributed by atoms with Gasteiger partial charge in [-0.25, -0.2) is 0 Å². The molecule has 1 heterocycles. The summed E-state index contributed by atoms with van der Waals surface area (Å²) in [5.41, 5.74) is 5.39. The van der Waals surface area contributed by atoms with E-state index in [9.17, 15) is 4.79 Å². The molecule has 2 N–H and O–H groups in total. The van der Waals surface area contributed by atoms with Gasteiger partial charge in [0.2, 0.25) is 5.91 Å². The number of methoxy groups -OCH3 is 2. The van der Waals surface area contributed by atoms with Crippen LogP contribution in [0.25, 0.3) is 0 Å². The highest BCUT2D eigenvalue weighted by molar-refractivity contribution is 5.76. The average Bonchev–Trinajstić information content (AvgIpc) is 2.72. The van der Waals surface area contributed by atoms with E-state index in [-0.39, 0.29) is 18.1 Å². The Morgan fingerprint density at radius 1 is 1.25 bits per heavy atom. The first-order valence-corrected chi connectivity index (χ1v) is 5.76. The molecule has 0 aliphatic carbocycles. The Hall–Kier alpha value is -0.650. The molecule has 1 rings (SSSR count). The first-order chi connectivity index (χ1) is 7.72. The number of carbonyl (C=O) groups excluding carboxylic acids is 1. The molecule has 1 aliphatic heterocycles. The first-order valence-electron chi connectivity index (χ1n) is 5.76. The van der Waals surface area contributed by atoms with E-state index in [0.29, 0.717) is 26.1 Å². The lowest BCUT2D eigenvalue weighted by Gasteiger charge is -2.15. The van der Waals surface area contributed by atoms with Crippen molar-refractivity contribution >= 4 is 5.91 Å². The minimum absolute atomic E-state index is 0.00320. The quantitative estimate of drug-likeness (QED) is 0.652. The summed E-state index contributed by atoms with van der Waals surface area (Å²) in [4.78, 5) is 13.6. The van der Waals surface area contributed by atoms with Gasteiger partial charge in [0.25, 0.3) is 0 Å². The molecule has 0 radical (unpaired) electrons. The molecule has 0 bridgehead atoms. The number of hydrogen-bond donors (Lipinski definition) is 1. The van der Waals surface area contributed by atoms with Gasteiger partial charge in [0.05, 0.1) is 0 Å². The molecule has 2 atom stereocenters. The molecule has 0 spiro atoms. The van der Waals surface area contributed by atoms with Crippen LogP contribution in [0.2, 0.25) is 0 Å². The van der Waals surface area contributed by atoms with E-state index < -0.39 is 0 Å². The summed E-state index contributed by atoms with van der Waals surface area (Å²) < 4.78 is 10.6. The van der Waals surface area contributed by atoms with Gasteiger partial charge in [-0.05, 0) is 19.4 Å². The number of rotatable bonds is 6. The Kier molecular flexibility index (Phi) is 5.73. The van der Waals surface area contributed by atoms with Crippen LogP contribution in [0.15, 0.2) is 0 Å². The maximum atomic E-state index is 11.8. The predicted octanol–water partition coefficient (Wildman–Crippen LogP) is -0.0124. The molecule has 1 fully saturated rings. The Bertz CT molecular complexity index is 211. The minimum Gasteiger partial charge on any atom is -0.377 e. The van der Waals surface area contributed by atoms with E-state index in [4.69, 9.17) is 15.2 Å². The van der Waals surface area contributed by atoms with E-state index in [1.165, 1.54) is 0 Å². The van der Waals surface area contributed by atoms with Gasteiger partial charge < -0.3 is 20.1 Å². The van der Waals surface area contributed by atoms with Crippen molar-refractivity contribution < 1.29 is 14.3 Å². The molecule has 1 saturated heterocycles. The predicted molar refractivity (Wildman–Crippen MR) is 61.1 cm³/mol. The number of unbranched alkanes of at least 4 members (excludes halogenated alkanes) is 1. The van der Waals surface area contributed by atoms with E-state index in [1.807, 2.05) is 4.90 Å². The van der Waals surface area contributed by atoms with Gasteiger partial charge in [0, 0.05) is 33.7 Å². The van der Waals surface area contributed by atoms with Crippen molar-refractivity contribution in [2.24, 2.45) is 5.73 Å². The number of carbonyl (C=O) groups is 1. The maximum absolute atomic E-state index is 11.8. The summed E-state index contributed by atoms with van der Waals surface area (Å²) in [6.07, 6.45) is 2.35. The van der Waals surface area contributed by atoms with Gasteiger partial charge in [-0.15, -0.1) is 0 Å². The van der Waals surface area contributed by atoms with Gasteiger partial charge in [0.15, 0.2) is 0 Å². The van der Waals surface area contributed by atoms with Crippen molar-refractivity contribution in [3.63, 3.8) is 0 Å². The van der Waals surface area contributed by atoms with Crippen molar-refractivity contribution in [2.45, 2.75) is 31.5 Å². The zero-order valence-electron chi connectivity index (χ0n) is 10.1. The topological polar surface area (TPSA) is 64.8 Å². The molecular formula is C11H22N2O3. The van der Waals surface area contributed by atoms with Crippen molar-refractivity contribution in [1.82, 2.24) is 4.90 Å². The van der Waals surface area contributed by atoms with Crippen LogP contribution in [0.4, 0.5) is 0 Å². The summed E-state index contributed by atoms with van der Waals surface area (Å²) in [6, 6.07) is 0. The number of likely N-dealkylation sites (tertiary alicyclic amines) is 1. The summed E-state index contributed by atoms with van der Waals surface area (Å²) in [5.74, 6) is 0.176. The zero-order chi connectivity index (χ0) is 12.0. The summed E-state index contributed by atoms with van der Waals surface area (Å²) in [6.45, 7) is 1.92. The second-order valence-corrected chi connectivity index (χ2v) is 4.09. The molecular weight excluding hydrogens is 208 g/mol. The monoisotopic (exact) mass is 230 g/mol. The Morgan fingerprint density at radius 2 is 1.81 bits per heavy atom. The summed E-state index contributed by atoms with van der Waals surface area (Å²) in [7, 11) is 3.30. The van der Waals surface area contributed by atoms with Crippen molar-refractivity contribution in [1.29, 1.82) is 0 Å². The van der Waals surface area contributed by atoms with E-state index in [1.54, 1.807) is 14.2 Å². The lowest BCUT2D eigenvalue weighted by molar-refractivity contribution is -0.130. The largest absolute Gasteiger partial charge is 0.377 e. The van der Waals surface area contributed by atoms with Crippen LogP contribution < -0.4 is 5.73 Å². The molecule has 5 nitrogen and oxygen atoms in total. The highest BCUT2D eigenvalue weighted by atomic mass is 16.5. The van der Waals surface area contributed by atoms with Gasteiger partial charge in [0.1, 0.15) is 12.2 Å². The lowest BCUT2D eigenvalue weighted by Crippen LogP contribution is -2.29. The van der Waals surface area contributed by atoms with Gasteiger partial charge in [-0.2, -0.15) is 0 Å². The van der Waals surface area contributed by atoms with Gasteiger partial charge >= 0.3 is 0 Å². The SMILES string of the molecule is COC1CN(C(=O)CCCCN)CC1OC. The standard InChI is InChI=1S/C11H22N2O3/c1-15-9-7-13(8-10(9)16-2)11(14)5-3-4-6-12/h9-10H,3-8,12H2,1-2H3. The van der Waals surface area contributed by atoms with E-state index in [0.717, 1.165) is 12.8 Å². The number of hydrogen-bond acceptors (Lipinski definition) is 4. The second kappa shape index (κ2) is 6.83. The molecule has 16 heavy (non-hydrogen) atoms. The van der Waals surface area contributed by atoms with Crippen LogP contribution in [0.1, 0.15) is 19.3 Å².